The molecule has 0 saturated carbocycles. The Morgan fingerprint density at radius 3 is 2.11 bits per heavy atom. The van der Waals surface area contributed by atoms with Gasteiger partial charge in [0.15, 0.2) is 5.67 Å². The maximum atomic E-state index is 14.0. The number of aliphatic hydroxyl groups is 1. The van der Waals surface area contributed by atoms with Crippen LogP contribution in [0.5, 0.6) is 0 Å². The van der Waals surface area contributed by atoms with Gasteiger partial charge in [-0.05, 0) is 43.3 Å². The van der Waals surface area contributed by atoms with Crippen LogP contribution < -0.4 is 0 Å². The van der Waals surface area contributed by atoms with E-state index in [-0.39, 0.29) is 26.1 Å². The van der Waals surface area contributed by atoms with Crippen LogP contribution in [0, 0.1) is 11.6 Å². The Bertz CT molecular complexity index is 985. The molecule has 0 spiro atoms. The van der Waals surface area contributed by atoms with Gasteiger partial charge in [0.25, 0.3) is 5.91 Å². The van der Waals surface area contributed by atoms with Crippen LogP contribution in [0.4, 0.5) is 13.2 Å². The van der Waals surface area contributed by atoms with E-state index in [0.29, 0.717) is 21.8 Å². The fraction of sp³-hybridized carbons (Fsp3) is 0.350. The lowest BCUT2D eigenvalue weighted by Crippen LogP contribution is -2.39. The van der Waals surface area contributed by atoms with Gasteiger partial charge in [0.2, 0.25) is 0 Å². The van der Waals surface area contributed by atoms with Crippen molar-refractivity contribution in [1.29, 1.82) is 0 Å². The highest BCUT2D eigenvalue weighted by Crippen LogP contribution is 2.31. The number of hydrogen-bond donors (Lipinski definition) is 1. The van der Waals surface area contributed by atoms with Crippen LogP contribution in [0.2, 0.25) is 0 Å². The number of halogens is 3. The third-order valence-electron chi connectivity index (χ3n) is 5.20. The van der Waals surface area contributed by atoms with Crippen molar-refractivity contribution in [2.45, 2.75) is 31.7 Å². The van der Waals surface area contributed by atoms with Crippen molar-refractivity contribution in [3.8, 4) is 0 Å². The molecule has 4 rings (SSSR count). The molecule has 2 heterocycles. The average Bonchev–Trinajstić information content (AvgIpc) is 3.03. The molecule has 142 valence electrons. The van der Waals surface area contributed by atoms with Gasteiger partial charge in [0.1, 0.15) is 11.6 Å². The summed E-state index contributed by atoms with van der Waals surface area (Å²) in [7, 11) is 0. The van der Waals surface area contributed by atoms with Crippen LogP contribution in [-0.2, 0) is 11.3 Å². The summed E-state index contributed by atoms with van der Waals surface area (Å²) in [6.45, 7) is 1.62. The molecule has 0 aliphatic carbocycles. The largest absolute Gasteiger partial charge is 0.389 e. The molecule has 3 aromatic rings. The predicted octanol–water partition coefficient (Wildman–Crippen LogP) is 3.39. The number of benzene rings is 2. The minimum atomic E-state index is -1.89. The van der Waals surface area contributed by atoms with E-state index in [1.165, 1.54) is 36.1 Å². The second-order valence-corrected chi connectivity index (χ2v) is 7.29. The molecule has 1 aliphatic rings. The Morgan fingerprint density at radius 2 is 1.63 bits per heavy atom. The number of likely N-dealkylation sites (tertiary alicyclic amines) is 1. The van der Waals surface area contributed by atoms with E-state index < -0.39 is 29.3 Å². The second-order valence-electron chi connectivity index (χ2n) is 7.29. The third-order valence-corrected chi connectivity index (χ3v) is 5.20. The Labute approximate surface area is 153 Å². The monoisotopic (exact) mass is 376 g/mol. The van der Waals surface area contributed by atoms with E-state index in [0.717, 1.165) is 0 Å². The van der Waals surface area contributed by atoms with Crippen LogP contribution in [0.3, 0.4) is 0 Å². The normalized spacial score (nSPS) is 21.5. The molecular formula is C20H19F3N2O2. The lowest BCUT2D eigenvalue weighted by Gasteiger charge is -2.22. The van der Waals surface area contributed by atoms with Crippen molar-refractivity contribution in [3.05, 3.63) is 48.0 Å². The first-order chi connectivity index (χ1) is 12.8. The quantitative estimate of drug-likeness (QED) is 0.759. The van der Waals surface area contributed by atoms with Crippen LogP contribution in [0.15, 0.2) is 36.4 Å². The van der Waals surface area contributed by atoms with Crippen LogP contribution in [0.25, 0.3) is 21.8 Å². The number of amides is 1. The Balaban J connectivity index is 1.68. The number of hydrogen-bond acceptors (Lipinski definition) is 2. The van der Waals surface area contributed by atoms with E-state index in [1.807, 2.05) is 0 Å². The predicted molar refractivity (Wildman–Crippen MR) is 96.1 cm³/mol. The highest BCUT2D eigenvalue weighted by Gasteiger charge is 2.43. The maximum Gasteiger partial charge on any atom is 0.260 e. The van der Waals surface area contributed by atoms with E-state index in [1.54, 1.807) is 16.7 Å². The minimum Gasteiger partial charge on any atom is -0.389 e. The van der Waals surface area contributed by atoms with E-state index >= 15 is 0 Å². The fourth-order valence-corrected chi connectivity index (χ4v) is 3.83. The smallest absolute Gasteiger partial charge is 0.260 e. The van der Waals surface area contributed by atoms with Crippen molar-refractivity contribution in [3.63, 3.8) is 0 Å². The molecule has 0 radical (unpaired) electrons. The summed E-state index contributed by atoms with van der Waals surface area (Å²) in [6.07, 6.45) is -0.844. The highest BCUT2D eigenvalue weighted by molar-refractivity contribution is 6.08. The molecular weight excluding hydrogens is 357 g/mol. The summed E-state index contributed by atoms with van der Waals surface area (Å²) in [5.74, 6) is -1.49. The standard InChI is InChI=1S/C20H19F3N2O2/c1-20(23)6-7-24(19(20)27)10-14(26)11-25-17-4-2-12(21)8-15(17)16-9-13(22)3-5-18(16)25/h2-5,8-9,14,26H,6-7,10-11H2,1H3. The third kappa shape index (κ3) is 3.06. The van der Waals surface area contributed by atoms with E-state index in [2.05, 4.69) is 0 Å². The molecule has 0 bridgehead atoms. The summed E-state index contributed by atoms with van der Waals surface area (Å²) in [6, 6.07) is 8.43. The van der Waals surface area contributed by atoms with E-state index in [9.17, 15) is 23.1 Å². The molecule has 2 aromatic carbocycles. The first-order valence-corrected chi connectivity index (χ1v) is 8.79. The molecule has 1 aliphatic heterocycles. The minimum absolute atomic E-state index is 0.00188. The van der Waals surface area contributed by atoms with Gasteiger partial charge >= 0.3 is 0 Å². The van der Waals surface area contributed by atoms with Crippen molar-refractivity contribution in [1.82, 2.24) is 9.47 Å². The van der Waals surface area contributed by atoms with Gasteiger partial charge in [0.05, 0.1) is 12.6 Å². The number of β-amino-alcohol motifs (C(OH)–C–C–N with tert-alkyl or cyclic N) is 1. The van der Waals surface area contributed by atoms with Crippen molar-refractivity contribution in [2.24, 2.45) is 0 Å². The topological polar surface area (TPSA) is 45.5 Å². The summed E-state index contributed by atoms with van der Waals surface area (Å²) >= 11 is 0. The molecule has 27 heavy (non-hydrogen) atoms. The number of carbonyl (C=O) groups excluding carboxylic acids is 1. The van der Waals surface area contributed by atoms with Gasteiger partial charge in [0, 0.05) is 41.3 Å². The number of nitrogens with zero attached hydrogens (tertiary/aromatic N) is 2. The van der Waals surface area contributed by atoms with Crippen LogP contribution in [0.1, 0.15) is 13.3 Å². The second kappa shape index (κ2) is 6.27. The summed E-state index contributed by atoms with van der Waals surface area (Å²) < 4.78 is 43.2. The number of rotatable bonds is 4. The van der Waals surface area contributed by atoms with Crippen molar-refractivity contribution < 1.29 is 23.1 Å². The zero-order valence-electron chi connectivity index (χ0n) is 14.8. The highest BCUT2D eigenvalue weighted by atomic mass is 19.1. The molecule has 7 heteroatoms. The lowest BCUT2D eigenvalue weighted by atomic mass is 10.1. The molecule has 4 nitrogen and oxygen atoms in total. The average molecular weight is 376 g/mol. The SMILES string of the molecule is CC1(F)CCN(CC(O)Cn2c3ccc(F)cc3c3cc(F)ccc32)C1=O. The first kappa shape index (κ1) is 17.9. The zero-order valence-corrected chi connectivity index (χ0v) is 14.8. The Morgan fingerprint density at radius 1 is 1.07 bits per heavy atom. The maximum absolute atomic E-state index is 14.0. The summed E-state index contributed by atoms with van der Waals surface area (Å²) in [5, 5.41) is 11.6. The molecule has 2 unspecified atom stereocenters. The molecule has 1 fully saturated rings. The van der Waals surface area contributed by atoms with Gasteiger partial charge in [-0.1, -0.05) is 0 Å². The van der Waals surface area contributed by atoms with Crippen LogP contribution in [-0.4, -0.2) is 45.3 Å². The zero-order chi connectivity index (χ0) is 19.3. The number of aromatic nitrogens is 1. The molecule has 1 N–H and O–H groups in total. The van der Waals surface area contributed by atoms with Gasteiger partial charge in [-0.25, -0.2) is 13.2 Å². The van der Waals surface area contributed by atoms with Gasteiger partial charge in [-0.15, -0.1) is 0 Å². The Hall–Kier alpha value is -2.54. The Kier molecular flexibility index (Phi) is 4.14. The fourth-order valence-electron chi connectivity index (χ4n) is 3.83. The lowest BCUT2D eigenvalue weighted by molar-refractivity contribution is -0.137. The molecule has 1 amide bonds. The van der Waals surface area contributed by atoms with E-state index in [4.69, 9.17) is 0 Å². The van der Waals surface area contributed by atoms with Gasteiger partial charge in [-0.2, -0.15) is 0 Å². The van der Waals surface area contributed by atoms with Gasteiger partial charge < -0.3 is 14.6 Å². The van der Waals surface area contributed by atoms with Crippen LogP contribution >= 0.6 is 0 Å². The van der Waals surface area contributed by atoms with Crippen molar-refractivity contribution >= 4 is 27.7 Å². The van der Waals surface area contributed by atoms with Crippen molar-refractivity contribution in [2.75, 3.05) is 13.1 Å². The summed E-state index contributed by atoms with van der Waals surface area (Å²) in [5.41, 5.74) is -0.583. The molecule has 1 saturated heterocycles. The number of carbonyl (C=O) groups is 1. The number of aliphatic hydroxyl groups excluding tert-OH is 1. The molecule has 2 atom stereocenters. The number of alkyl halides is 1. The summed E-state index contributed by atoms with van der Waals surface area (Å²) in [4.78, 5) is 13.3. The van der Waals surface area contributed by atoms with Gasteiger partial charge in [-0.3, -0.25) is 4.79 Å². The molecule has 1 aromatic heterocycles. The number of fused-ring (bicyclic) bond motifs is 3. The first-order valence-electron chi connectivity index (χ1n) is 8.79.